The molecule has 2 rings (SSSR count). The Bertz CT molecular complexity index is 651. The van der Waals surface area contributed by atoms with Crippen molar-refractivity contribution in [2.45, 2.75) is 26.4 Å². The molecule has 21 heavy (non-hydrogen) atoms. The van der Waals surface area contributed by atoms with Crippen molar-refractivity contribution in [1.82, 2.24) is 0 Å². The molecule has 0 fully saturated rings. The van der Waals surface area contributed by atoms with Crippen molar-refractivity contribution in [3.05, 3.63) is 65.2 Å². The number of Topliss-reactive ketones (excluding diaryl/α,β-unsaturated/α-hetero) is 1. The first kappa shape index (κ1) is 15.2. The highest BCUT2D eigenvalue weighted by atomic mass is 19.2. The lowest BCUT2D eigenvalue weighted by Gasteiger charge is -2.10. The van der Waals surface area contributed by atoms with Crippen LogP contribution in [-0.2, 0) is 6.42 Å². The molecular formula is C17H16F2O2. The van der Waals surface area contributed by atoms with E-state index in [1.165, 1.54) is 6.07 Å². The number of halogens is 2. The molecule has 0 heterocycles. The molecule has 0 bridgehead atoms. The maximum Gasteiger partial charge on any atom is 0.167 e. The van der Waals surface area contributed by atoms with Crippen molar-refractivity contribution in [2.75, 3.05) is 0 Å². The fourth-order valence-electron chi connectivity index (χ4n) is 1.95. The molecule has 0 spiro atoms. The molecule has 0 unspecified atom stereocenters. The number of carbonyl (C=O) groups is 1. The summed E-state index contributed by atoms with van der Waals surface area (Å²) in [5, 5.41) is 0. The van der Waals surface area contributed by atoms with Crippen LogP contribution in [0.4, 0.5) is 8.78 Å². The van der Waals surface area contributed by atoms with Crippen molar-refractivity contribution in [2.24, 2.45) is 0 Å². The third-order valence-electron chi connectivity index (χ3n) is 2.88. The number of ketones is 1. The number of carbonyl (C=O) groups excluding carboxylic acids is 1. The number of hydrogen-bond acceptors (Lipinski definition) is 2. The average Bonchev–Trinajstić information content (AvgIpc) is 2.42. The zero-order valence-electron chi connectivity index (χ0n) is 11.9. The van der Waals surface area contributed by atoms with Gasteiger partial charge in [-0.3, -0.25) is 4.79 Å². The molecule has 0 aliphatic carbocycles. The van der Waals surface area contributed by atoms with Gasteiger partial charge in [-0.2, -0.15) is 0 Å². The van der Waals surface area contributed by atoms with Crippen LogP contribution in [0.25, 0.3) is 0 Å². The molecule has 110 valence electrons. The van der Waals surface area contributed by atoms with Crippen LogP contribution in [0.1, 0.15) is 29.8 Å². The lowest BCUT2D eigenvalue weighted by atomic mass is 10.0. The Hall–Kier alpha value is -2.23. The van der Waals surface area contributed by atoms with Crippen molar-refractivity contribution in [1.29, 1.82) is 0 Å². The Labute approximate surface area is 122 Å². The second-order valence-electron chi connectivity index (χ2n) is 5.04. The molecule has 0 radical (unpaired) electrons. The van der Waals surface area contributed by atoms with Crippen LogP contribution in [0.15, 0.2) is 42.5 Å². The van der Waals surface area contributed by atoms with E-state index in [9.17, 15) is 13.6 Å². The predicted molar refractivity (Wildman–Crippen MR) is 76.6 cm³/mol. The number of ether oxygens (including phenoxy) is 1. The minimum absolute atomic E-state index is 0.0153. The Morgan fingerprint density at radius 3 is 2.52 bits per heavy atom. The van der Waals surface area contributed by atoms with Gasteiger partial charge in [-0.05, 0) is 43.7 Å². The van der Waals surface area contributed by atoms with E-state index in [0.29, 0.717) is 16.9 Å². The highest BCUT2D eigenvalue weighted by Crippen LogP contribution is 2.17. The zero-order valence-corrected chi connectivity index (χ0v) is 11.9. The predicted octanol–water partition coefficient (Wildman–Crippen LogP) is 4.18. The van der Waals surface area contributed by atoms with Gasteiger partial charge in [-0.1, -0.05) is 18.2 Å². The minimum Gasteiger partial charge on any atom is -0.491 e. The summed E-state index contributed by atoms with van der Waals surface area (Å²) in [4.78, 5) is 12.2. The van der Waals surface area contributed by atoms with Crippen LogP contribution in [-0.4, -0.2) is 11.9 Å². The number of hydrogen-bond donors (Lipinski definition) is 0. The highest BCUT2D eigenvalue weighted by Gasteiger charge is 2.10. The van der Waals surface area contributed by atoms with Crippen molar-refractivity contribution in [3.8, 4) is 5.75 Å². The van der Waals surface area contributed by atoms with Crippen molar-refractivity contribution < 1.29 is 18.3 Å². The number of benzene rings is 2. The largest absolute Gasteiger partial charge is 0.491 e. The number of rotatable bonds is 5. The third-order valence-corrected chi connectivity index (χ3v) is 2.88. The van der Waals surface area contributed by atoms with E-state index >= 15 is 0 Å². The van der Waals surface area contributed by atoms with Crippen LogP contribution in [0.2, 0.25) is 0 Å². The Morgan fingerprint density at radius 1 is 1.10 bits per heavy atom. The van der Waals surface area contributed by atoms with Crippen molar-refractivity contribution in [3.63, 3.8) is 0 Å². The van der Waals surface area contributed by atoms with Gasteiger partial charge in [0.2, 0.25) is 0 Å². The molecule has 0 aliphatic heterocycles. The van der Waals surface area contributed by atoms with Gasteiger partial charge in [0, 0.05) is 12.0 Å². The second-order valence-corrected chi connectivity index (χ2v) is 5.04. The summed E-state index contributed by atoms with van der Waals surface area (Å²) in [6.45, 7) is 3.80. The minimum atomic E-state index is -0.947. The van der Waals surface area contributed by atoms with E-state index < -0.39 is 11.6 Å². The van der Waals surface area contributed by atoms with E-state index in [1.54, 1.807) is 24.3 Å². The van der Waals surface area contributed by atoms with E-state index in [0.717, 1.165) is 12.1 Å². The van der Waals surface area contributed by atoms with Crippen LogP contribution in [0.5, 0.6) is 5.75 Å². The van der Waals surface area contributed by atoms with Gasteiger partial charge in [0.05, 0.1) is 6.10 Å². The summed E-state index contributed by atoms with van der Waals surface area (Å²) in [5.74, 6) is -1.42. The van der Waals surface area contributed by atoms with Gasteiger partial charge in [0.15, 0.2) is 17.4 Å². The molecular weight excluding hydrogens is 274 g/mol. The summed E-state index contributed by atoms with van der Waals surface area (Å²) in [6.07, 6.45) is 0.0315. The van der Waals surface area contributed by atoms with Gasteiger partial charge in [0.1, 0.15) is 5.75 Å². The Morgan fingerprint density at radius 2 is 1.86 bits per heavy atom. The van der Waals surface area contributed by atoms with Gasteiger partial charge >= 0.3 is 0 Å². The molecule has 0 saturated carbocycles. The molecule has 0 aromatic heterocycles. The van der Waals surface area contributed by atoms with E-state index in [4.69, 9.17) is 4.74 Å². The maximum atomic E-state index is 13.1. The normalized spacial score (nSPS) is 10.7. The summed E-state index contributed by atoms with van der Waals surface area (Å²) in [6, 6.07) is 10.3. The highest BCUT2D eigenvalue weighted by molar-refractivity contribution is 5.97. The summed E-state index contributed by atoms with van der Waals surface area (Å²) in [5.41, 5.74) is 0.923. The molecule has 2 aromatic carbocycles. The molecule has 0 N–H and O–H groups in total. The molecule has 2 aromatic rings. The van der Waals surface area contributed by atoms with Crippen LogP contribution in [0.3, 0.4) is 0 Å². The summed E-state index contributed by atoms with van der Waals surface area (Å²) in [7, 11) is 0. The van der Waals surface area contributed by atoms with E-state index in [-0.39, 0.29) is 18.3 Å². The van der Waals surface area contributed by atoms with Crippen LogP contribution in [0, 0.1) is 11.6 Å². The van der Waals surface area contributed by atoms with Gasteiger partial charge < -0.3 is 4.74 Å². The summed E-state index contributed by atoms with van der Waals surface area (Å²) >= 11 is 0. The first-order valence-electron chi connectivity index (χ1n) is 6.69. The SMILES string of the molecule is CC(C)Oc1cccc(C(=O)Cc2ccc(F)c(F)c2)c1. The van der Waals surface area contributed by atoms with Gasteiger partial charge in [-0.15, -0.1) is 0 Å². The average molecular weight is 290 g/mol. The topological polar surface area (TPSA) is 26.3 Å². The first-order valence-corrected chi connectivity index (χ1v) is 6.69. The van der Waals surface area contributed by atoms with Crippen molar-refractivity contribution >= 4 is 5.78 Å². The monoisotopic (exact) mass is 290 g/mol. The fourth-order valence-corrected chi connectivity index (χ4v) is 1.95. The molecule has 0 saturated heterocycles. The Kier molecular flexibility index (Phi) is 4.68. The van der Waals surface area contributed by atoms with Gasteiger partial charge in [0.25, 0.3) is 0 Å². The third kappa shape index (κ3) is 4.12. The zero-order chi connectivity index (χ0) is 15.4. The lowest BCUT2D eigenvalue weighted by molar-refractivity contribution is 0.0992. The second kappa shape index (κ2) is 6.48. The molecule has 4 heteroatoms. The van der Waals surface area contributed by atoms with E-state index in [1.807, 2.05) is 13.8 Å². The van der Waals surface area contributed by atoms with Crippen LogP contribution >= 0.6 is 0 Å². The Balaban J connectivity index is 2.14. The smallest absolute Gasteiger partial charge is 0.167 e. The fraction of sp³-hybridized carbons (Fsp3) is 0.235. The first-order chi connectivity index (χ1) is 9.95. The van der Waals surface area contributed by atoms with Gasteiger partial charge in [-0.25, -0.2) is 8.78 Å². The lowest BCUT2D eigenvalue weighted by Crippen LogP contribution is -2.08. The van der Waals surface area contributed by atoms with E-state index in [2.05, 4.69) is 0 Å². The quantitative estimate of drug-likeness (QED) is 0.772. The standard InChI is InChI=1S/C17H16F2O2/c1-11(2)21-14-5-3-4-13(10-14)17(20)9-12-6-7-15(18)16(19)8-12/h3-8,10-11H,9H2,1-2H3. The molecule has 0 amide bonds. The molecule has 2 nitrogen and oxygen atoms in total. The summed E-state index contributed by atoms with van der Waals surface area (Å²) < 4.78 is 31.5. The maximum absolute atomic E-state index is 13.1. The molecule has 0 aliphatic rings. The molecule has 0 atom stereocenters. The van der Waals surface area contributed by atoms with Crippen LogP contribution < -0.4 is 4.74 Å².